The van der Waals surface area contributed by atoms with E-state index in [1.807, 2.05) is 6.92 Å². The van der Waals surface area contributed by atoms with Gasteiger partial charge in [0.1, 0.15) is 0 Å². The van der Waals surface area contributed by atoms with E-state index in [9.17, 15) is 10.1 Å². The van der Waals surface area contributed by atoms with Crippen LogP contribution in [0.2, 0.25) is 0 Å². The zero-order valence-electron chi connectivity index (χ0n) is 12.2. The van der Waals surface area contributed by atoms with Crippen LogP contribution in [0.25, 0.3) is 0 Å². The van der Waals surface area contributed by atoms with Crippen molar-refractivity contribution >= 4 is 35.6 Å². The van der Waals surface area contributed by atoms with Gasteiger partial charge < -0.3 is 15.4 Å². The molecule has 0 radical (unpaired) electrons. The molecule has 0 aliphatic heterocycles. The number of ether oxygens (including phenoxy) is 1. The van der Waals surface area contributed by atoms with Crippen LogP contribution < -0.4 is 10.6 Å². The summed E-state index contributed by atoms with van der Waals surface area (Å²) in [6.45, 7) is 4.11. The van der Waals surface area contributed by atoms with Gasteiger partial charge in [-0.1, -0.05) is 18.2 Å². The SMILES string of the molecule is CCNC(=NCc1ccccc1[N+](=O)[O-])NCCOC.I. The minimum atomic E-state index is -0.393. The third-order valence-corrected chi connectivity index (χ3v) is 2.54. The Morgan fingerprint density at radius 3 is 2.71 bits per heavy atom. The summed E-state index contributed by atoms with van der Waals surface area (Å²) < 4.78 is 4.95. The minimum absolute atomic E-state index is 0. The zero-order valence-corrected chi connectivity index (χ0v) is 14.5. The average molecular weight is 408 g/mol. The lowest BCUT2D eigenvalue weighted by molar-refractivity contribution is -0.385. The van der Waals surface area contributed by atoms with E-state index in [1.54, 1.807) is 25.3 Å². The van der Waals surface area contributed by atoms with Crippen molar-refractivity contribution in [1.29, 1.82) is 0 Å². The van der Waals surface area contributed by atoms with Gasteiger partial charge in [0.15, 0.2) is 5.96 Å². The molecule has 7 nitrogen and oxygen atoms in total. The van der Waals surface area contributed by atoms with Crippen molar-refractivity contribution in [2.24, 2.45) is 4.99 Å². The van der Waals surface area contributed by atoms with Crippen LogP contribution >= 0.6 is 24.0 Å². The predicted octanol–water partition coefficient (Wildman–Crippen LogP) is 1.91. The number of nitro groups is 1. The third-order valence-electron chi connectivity index (χ3n) is 2.54. The van der Waals surface area contributed by atoms with E-state index in [0.29, 0.717) is 24.7 Å². The molecule has 2 N–H and O–H groups in total. The van der Waals surface area contributed by atoms with Gasteiger partial charge in [-0.3, -0.25) is 10.1 Å². The van der Waals surface area contributed by atoms with Crippen LogP contribution in [-0.4, -0.2) is 37.7 Å². The molecule has 0 spiro atoms. The van der Waals surface area contributed by atoms with E-state index < -0.39 is 4.92 Å². The van der Waals surface area contributed by atoms with Gasteiger partial charge in [-0.05, 0) is 6.92 Å². The number of hydrogen-bond donors (Lipinski definition) is 2. The molecule has 1 rings (SSSR count). The number of nitro benzene ring substituents is 1. The zero-order chi connectivity index (χ0) is 14.8. The molecule has 0 amide bonds. The van der Waals surface area contributed by atoms with Crippen LogP contribution in [0.1, 0.15) is 12.5 Å². The molecular weight excluding hydrogens is 387 g/mol. The number of methoxy groups -OCH3 is 1. The van der Waals surface area contributed by atoms with Crippen molar-refractivity contribution in [3.63, 3.8) is 0 Å². The Hall–Kier alpha value is -1.42. The van der Waals surface area contributed by atoms with E-state index in [2.05, 4.69) is 15.6 Å². The molecule has 0 aliphatic carbocycles. The summed E-state index contributed by atoms with van der Waals surface area (Å²) >= 11 is 0. The topological polar surface area (TPSA) is 88.8 Å². The van der Waals surface area contributed by atoms with Crippen molar-refractivity contribution in [3.8, 4) is 0 Å². The molecule has 0 fully saturated rings. The fraction of sp³-hybridized carbons (Fsp3) is 0.462. The van der Waals surface area contributed by atoms with E-state index in [-0.39, 0.29) is 36.2 Å². The van der Waals surface area contributed by atoms with E-state index in [1.165, 1.54) is 6.07 Å². The molecule has 118 valence electrons. The average Bonchev–Trinajstić information content (AvgIpc) is 2.45. The molecule has 8 heteroatoms. The Morgan fingerprint density at radius 2 is 2.10 bits per heavy atom. The number of nitrogens with one attached hydrogen (secondary N) is 2. The lowest BCUT2D eigenvalue weighted by atomic mass is 10.2. The predicted molar refractivity (Wildman–Crippen MR) is 93.2 cm³/mol. The molecule has 0 bridgehead atoms. The van der Waals surface area contributed by atoms with Gasteiger partial charge in [0.25, 0.3) is 5.69 Å². The fourth-order valence-electron chi connectivity index (χ4n) is 1.60. The van der Waals surface area contributed by atoms with Gasteiger partial charge in [0.05, 0.1) is 23.6 Å². The Morgan fingerprint density at radius 1 is 1.38 bits per heavy atom. The van der Waals surface area contributed by atoms with E-state index in [0.717, 1.165) is 6.54 Å². The minimum Gasteiger partial charge on any atom is -0.383 e. The molecule has 0 atom stereocenters. The first-order chi connectivity index (χ1) is 9.69. The smallest absolute Gasteiger partial charge is 0.274 e. The van der Waals surface area contributed by atoms with Gasteiger partial charge in [0.2, 0.25) is 0 Å². The summed E-state index contributed by atoms with van der Waals surface area (Å²) in [7, 11) is 1.62. The highest BCUT2D eigenvalue weighted by molar-refractivity contribution is 14.0. The second-order valence-electron chi connectivity index (χ2n) is 4.00. The van der Waals surface area contributed by atoms with Crippen LogP contribution in [0.4, 0.5) is 5.69 Å². The number of nitrogens with zero attached hydrogens (tertiary/aromatic N) is 2. The van der Waals surface area contributed by atoms with Gasteiger partial charge in [-0.25, -0.2) is 4.99 Å². The van der Waals surface area contributed by atoms with Crippen molar-refractivity contribution in [3.05, 3.63) is 39.9 Å². The van der Waals surface area contributed by atoms with Gasteiger partial charge in [-0.15, -0.1) is 24.0 Å². The number of guanidine groups is 1. The second-order valence-corrected chi connectivity index (χ2v) is 4.00. The fourth-order valence-corrected chi connectivity index (χ4v) is 1.60. The van der Waals surface area contributed by atoms with Crippen molar-refractivity contribution in [2.75, 3.05) is 26.8 Å². The molecule has 1 aromatic carbocycles. The number of para-hydroxylation sites is 1. The highest BCUT2D eigenvalue weighted by atomic mass is 127. The standard InChI is InChI=1S/C13H20N4O3.HI/c1-3-14-13(15-8-9-20-2)16-10-11-6-4-5-7-12(11)17(18)19;/h4-7H,3,8-10H2,1-2H3,(H2,14,15,16);1H. The van der Waals surface area contributed by atoms with Gasteiger partial charge >= 0.3 is 0 Å². The highest BCUT2D eigenvalue weighted by Gasteiger charge is 2.11. The molecule has 0 aliphatic rings. The second kappa shape index (κ2) is 11.3. The first kappa shape index (κ1) is 19.6. The summed E-state index contributed by atoms with van der Waals surface area (Å²) in [5.74, 6) is 0.614. The molecule has 21 heavy (non-hydrogen) atoms. The molecule has 0 heterocycles. The summed E-state index contributed by atoms with van der Waals surface area (Å²) in [5, 5.41) is 17.1. The van der Waals surface area contributed by atoms with Crippen LogP contribution in [0.3, 0.4) is 0 Å². The maximum Gasteiger partial charge on any atom is 0.274 e. The number of benzene rings is 1. The van der Waals surface area contributed by atoms with Crippen LogP contribution in [0, 0.1) is 10.1 Å². The maximum absolute atomic E-state index is 10.9. The molecule has 1 aromatic rings. The van der Waals surface area contributed by atoms with Crippen LogP contribution in [0.15, 0.2) is 29.3 Å². The van der Waals surface area contributed by atoms with Crippen LogP contribution in [-0.2, 0) is 11.3 Å². The molecule has 0 saturated carbocycles. The first-order valence-corrected chi connectivity index (χ1v) is 6.42. The Bertz CT molecular complexity index is 468. The van der Waals surface area contributed by atoms with Crippen molar-refractivity contribution in [2.45, 2.75) is 13.5 Å². The first-order valence-electron chi connectivity index (χ1n) is 6.42. The number of hydrogen-bond acceptors (Lipinski definition) is 4. The largest absolute Gasteiger partial charge is 0.383 e. The highest BCUT2D eigenvalue weighted by Crippen LogP contribution is 2.18. The number of rotatable bonds is 7. The lowest BCUT2D eigenvalue weighted by Gasteiger charge is -2.10. The molecule has 0 saturated heterocycles. The quantitative estimate of drug-likeness (QED) is 0.180. The Labute approximate surface area is 141 Å². The molecule has 0 unspecified atom stereocenters. The molecule has 0 aromatic heterocycles. The number of halogens is 1. The summed E-state index contributed by atoms with van der Waals surface area (Å²) in [4.78, 5) is 14.9. The van der Waals surface area contributed by atoms with E-state index in [4.69, 9.17) is 4.74 Å². The van der Waals surface area contributed by atoms with Gasteiger partial charge in [0, 0.05) is 26.3 Å². The van der Waals surface area contributed by atoms with Gasteiger partial charge in [-0.2, -0.15) is 0 Å². The van der Waals surface area contributed by atoms with Crippen LogP contribution in [0.5, 0.6) is 0 Å². The summed E-state index contributed by atoms with van der Waals surface area (Å²) in [6, 6.07) is 6.60. The van der Waals surface area contributed by atoms with Crippen molar-refractivity contribution < 1.29 is 9.66 Å². The molecular formula is C13H21IN4O3. The third kappa shape index (κ3) is 7.23. The Balaban J connectivity index is 0.00000400. The number of aliphatic imine (C=N–C) groups is 1. The van der Waals surface area contributed by atoms with E-state index >= 15 is 0 Å². The monoisotopic (exact) mass is 408 g/mol. The van der Waals surface area contributed by atoms with Crippen molar-refractivity contribution in [1.82, 2.24) is 10.6 Å². The summed E-state index contributed by atoms with van der Waals surface area (Å²) in [6.07, 6.45) is 0. The Kier molecular flexibility index (Phi) is 10.5. The normalized spacial score (nSPS) is 10.7. The lowest BCUT2D eigenvalue weighted by Crippen LogP contribution is -2.38. The maximum atomic E-state index is 10.9. The summed E-state index contributed by atoms with van der Waals surface area (Å²) in [5.41, 5.74) is 0.672.